The molecular formula is C33H44N2O2. The van der Waals surface area contributed by atoms with E-state index in [1.54, 1.807) is 5.56 Å². The van der Waals surface area contributed by atoms with Gasteiger partial charge < -0.3 is 14.5 Å². The van der Waals surface area contributed by atoms with E-state index >= 15 is 0 Å². The zero-order valence-corrected chi connectivity index (χ0v) is 22.8. The first kappa shape index (κ1) is 25.0. The van der Waals surface area contributed by atoms with Crippen LogP contribution in [0.2, 0.25) is 0 Å². The Labute approximate surface area is 223 Å². The molecule has 0 unspecified atom stereocenters. The second-order valence-corrected chi connectivity index (χ2v) is 12.4. The first-order chi connectivity index (χ1) is 18.0. The van der Waals surface area contributed by atoms with Gasteiger partial charge in [-0.1, -0.05) is 24.3 Å². The van der Waals surface area contributed by atoms with E-state index in [4.69, 9.17) is 4.74 Å². The van der Waals surface area contributed by atoms with Crippen molar-refractivity contribution >= 4 is 5.91 Å². The summed E-state index contributed by atoms with van der Waals surface area (Å²) in [4.78, 5) is 18.4. The summed E-state index contributed by atoms with van der Waals surface area (Å²) in [6, 6.07) is 17.6. The second-order valence-electron chi connectivity index (χ2n) is 12.4. The highest BCUT2D eigenvalue weighted by molar-refractivity contribution is 5.94. The van der Waals surface area contributed by atoms with E-state index in [9.17, 15) is 4.79 Å². The topological polar surface area (TPSA) is 32.8 Å². The van der Waals surface area contributed by atoms with Gasteiger partial charge in [0.2, 0.25) is 0 Å². The average Bonchev–Trinajstić information content (AvgIpc) is 3.34. The molecule has 4 aliphatic rings. The van der Waals surface area contributed by atoms with Gasteiger partial charge in [0, 0.05) is 30.2 Å². The van der Waals surface area contributed by atoms with Crippen LogP contribution in [-0.2, 0) is 6.42 Å². The van der Waals surface area contributed by atoms with Crippen LogP contribution in [0.5, 0.6) is 5.75 Å². The van der Waals surface area contributed by atoms with Crippen molar-refractivity contribution in [3.05, 3.63) is 65.2 Å². The van der Waals surface area contributed by atoms with Crippen molar-refractivity contribution in [3.8, 4) is 5.75 Å². The lowest BCUT2D eigenvalue weighted by Crippen LogP contribution is -2.62. The number of carbonyl (C=O) groups is 1. The fourth-order valence-electron chi connectivity index (χ4n) is 8.39. The van der Waals surface area contributed by atoms with Crippen molar-refractivity contribution in [3.63, 3.8) is 0 Å². The number of piperidine rings is 1. The molecule has 1 saturated carbocycles. The molecule has 0 spiro atoms. The first-order valence-electron chi connectivity index (χ1n) is 14.9. The number of fused-ring (bicyclic) bond motifs is 5. The average molecular weight is 501 g/mol. The molecule has 37 heavy (non-hydrogen) atoms. The molecule has 2 aliphatic heterocycles. The van der Waals surface area contributed by atoms with Gasteiger partial charge in [0.15, 0.2) is 0 Å². The molecule has 0 N–H and O–H groups in total. The van der Waals surface area contributed by atoms with Crippen LogP contribution in [0.25, 0.3) is 0 Å². The number of amides is 1. The summed E-state index contributed by atoms with van der Waals surface area (Å²) in [5.41, 5.74) is 3.87. The number of aryl methyl sites for hydroxylation is 1. The molecule has 5 atom stereocenters. The van der Waals surface area contributed by atoms with Crippen molar-refractivity contribution in [2.24, 2.45) is 11.8 Å². The summed E-state index contributed by atoms with van der Waals surface area (Å²) < 4.78 is 6.22. The van der Waals surface area contributed by atoms with E-state index in [2.05, 4.69) is 41.8 Å². The molecule has 2 saturated heterocycles. The van der Waals surface area contributed by atoms with E-state index in [0.29, 0.717) is 17.8 Å². The van der Waals surface area contributed by atoms with E-state index < -0.39 is 0 Å². The molecule has 2 aromatic carbocycles. The minimum absolute atomic E-state index is 0.0280. The Morgan fingerprint density at radius 3 is 2.68 bits per heavy atom. The van der Waals surface area contributed by atoms with Gasteiger partial charge in [-0.15, -0.1) is 0 Å². The molecule has 2 heterocycles. The number of rotatable bonds is 6. The minimum Gasteiger partial charge on any atom is -0.494 e. The highest BCUT2D eigenvalue weighted by Gasteiger charge is 2.53. The predicted octanol–water partition coefficient (Wildman–Crippen LogP) is 6.69. The number of likely N-dealkylation sites (tertiary alicyclic amines) is 2. The monoisotopic (exact) mass is 500 g/mol. The fraction of sp³-hybridized carbons (Fsp3) is 0.606. The summed E-state index contributed by atoms with van der Waals surface area (Å²) in [6.45, 7) is 8.85. The van der Waals surface area contributed by atoms with Gasteiger partial charge in [-0.25, -0.2) is 0 Å². The minimum atomic E-state index is -0.0280. The van der Waals surface area contributed by atoms with E-state index in [1.165, 1.54) is 44.2 Å². The maximum atomic E-state index is 13.6. The lowest BCUT2D eigenvalue weighted by molar-refractivity contribution is -0.0453. The maximum Gasteiger partial charge on any atom is 0.254 e. The Hall–Kier alpha value is -2.33. The van der Waals surface area contributed by atoms with Crippen LogP contribution in [-0.4, -0.2) is 53.5 Å². The molecular weight excluding hydrogens is 456 g/mol. The van der Waals surface area contributed by atoms with Crippen LogP contribution in [0.4, 0.5) is 0 Å². The molecule has 2 aromatic rings. The standard InChI is InChI=1S/C33H44N2O2/c1-24-9-6-19-34(24)20-8-22-37-27-14-16-28-26(23-27)13-15-30-29(28)17-18-33(2)31(30)12-7-21-35(33)32(36)25-10-4-3-5-11-25/h3-5,10-11,14,16,23-24,29-31H,6-9,12-13,15,17-22H2,1-2H3/t24-,29-,30-,31+,33+/m1/s1. The van der Waals surface area contributed by atoms with E-state index in [0.717, 1.165) is 62.7 Å². The van der Waals surface area contributed by atoms with Crippen LogP contribution in [0.1, 0.15) is 92.6 Å². The highest BCUT2D eigenvalue weighted by atomic mass is 16.5. The molecule has 3 fully saturated rings. The molecule has 4 nitrogen and oxygen atoms in total. The number of hydrogen-bond donors (Lipinski definition) is 0. The van der Waals surface area contributed by atoms with Gasteiger partial charge in [-0.05, 0) is 131 Å². The molecule has 4 heteroatoms. The highest BCUT2D eigenvalue weighted by Crippen LogP contribution is 2.56. The van der Waals surface area contributed by atoms with Crippen LogP contribution in [0.3, 0.4) is 0 Å². The summed E-state index contributed by atoms with van der Waals surface area (Å²) in [6.07, 6.45) is 10.8. The van der Waals surface area contributed by atoms with Crippen LogP contribution >= 0.6 is 0 Å². The lowest BCUT2D eigenvalue weighted by atomic mass is 9.55. The fourth-order valence-corrected chi connectivity index (χ4v) is 8.39. The van der Waals surface area contributed by atoms with Crippen molar-refractivity contribution in [2.45, 2.75) is 89.1 Å². The van der Waals surface area contributed by atoms with Crippen molar-refractivity contribution in [1.82, 2.24) is 9.80 Å². The Bertz CT molecular complexity index is 1100. The number of benzene rings is 2. The van der Waals surface area contributed by atoms with Gasteiger partial charge in [0.05, 0.1) is 6.61 Å². The lowest BCUT2D eigenvalue weighted by Gasteiger charge is -2.58. The third-order valence-electron chi connectivity index (χ3n) is 10.4. The zero-order valence-electron chi connectivity index (χ0n) is 22.8. The second kappa shape index (κ2) is 10.4. The molecule has 0 bridgehead atoms. The number of ether oxygens (including phenoxy) is 1. The Balaban J connectivity index is 1.12. The predicted molar refractivity (Wildman–Crippen MR) is 149 cm³/mol. The van der Waals surface area contributed by atoms with Gasteiger partial charge >= 0.3 is 0 Å². The third-order valence-corrected chi connectivity index (χ3v) is 10.4. The molecule has 2 aliphatic carbocycles. The molecule has 0 radical (unpaired) electrons. The van der Waals surface area contributed by atoms with Gasteiger partial charge in [0.25, 0.3) is 5.91 Å². The van der Waals surface area contributed by atoms with Crippen LogP contribution in [0, 0.1) is 11.8 Å². The van der Waals surface area contributed by atoms with Gasteiger partial charge in [-0.3, -0.25) is 4.79 Å². The number of nitrogens with zero attached hydrogens (tertiary/aromatic N) is 2. The smallest absolute Gasteiger partial charge is 0.254 e. The first-order valence-corrected chi connectivity index (χ1v) is 14.9. The zero-order chi connectivity index (χ0) is 25.4. The van der Waals surface area contributed by atoms with E-state index in [1.807, 2.05) is 30.3 Å². The normalized spacial score (nSPS) is 31.4. The Morgan fingerprint density at radius 2 is 1.86 bits per heavy atom. The molecule has 0 aromatic heterocycles. The molecule has 198 valence electrons. The number of carbonyl (C=O) groups excluding carboxylic acids is 1. The van der Waals surface area contributed by atoms with Gasteiger partial charge in [-0.2, -0.15) is 0 Å². The third kappa shape index (κ3) is 4.71. The van der Waals surface area contributed by atoms with Crippen molar-refractivity contribution in [2.75, 3.05) is 26.2 Å². The van der Waals surface area contributed by atoms with Crippen LogP contribution < -0.4 is 4.74 Å². The summed E-state index contributed by atoms with van der Waals surface area (Å²) >= 11 is 0. The maximum absolute atomic E-state index is 13.6. The summed E-state index contributed by atoms with van der Waals surface area (Å²) in [5.74, 6) is 3.16. The van der Waals surface area contributed by atoms with Crippen LogP contribution in [0.15, 0.2) is 48.5 Å². The Kier molecular flexibility index (Phi) is 7.05. The summed E-state index contributed by atoms with van der Waals surface area (Å²) in [7, 11) is 0. The largest absolute Gasteiger partial charge is 0.494 e. The van der Waals surface area contributed by atoms with Gasteiger partial charge in [0.1, 0.15) is 5.75 Å². The van der Waals surface area contributed by atoms with Crippen molar-refractivity contribution < 1.29 is 9.53 Å². The molecule has 1 amide bonds. The van der Waals surface area contributed by atoms with E-state index in [-0.39, 0.29) is 11.4 Å². The molecule has 6 rings (SSSR count). The Morgan fingerprint density at radius 1 is 1.03 bits per heavy atom. The summed E-state index contributed by atoms with van der Waals surface area (Å²) in [5, 5.41) is 0. The van der Waals surface area contributed by atoms with Crippen molar-refractivity contribution in [1.29, 1.82) is 0 Å². The SMILES string of the molecule is C[C@@H]1CCCN1CCCOc1ccc2c(c1)CC[C@@H]1[C@@H]2CC[C@@]2(C)[C@H]1CCCN2C(=O)c1ccccc1. The quantitative estimate of drug-likeness (QED) is 0.414. The number of hydrogen-bond acceptors (Lipinski definition) is 3.